The average Bonchev–Trinajstić information content (AvgIpc) is 2.34. The molecule has 20 heavy (non-hydrogen) atoms. The topological polar surface area (TPSA) is 69.2 Å². The first-order valence-electron chi connectivity index (χ1n) is 5.83. The molecule has 0 unspecified atom stereocenters. The molecular formula is C10H14ClF3N4O2. The lowest BCUT2D eigenvalue weighted by atomic mass is 10.5. The Bertz CT molecular complexity index is 420. The summed E-state index contributed by atoms with van der Waals surface area (Å²) < 4.78 is 45.1. The van der Waals surface area contributed by atoms with Gasteiger partial charge in [-0.2, -0.15) is 28.1 Å². The Labute approximate surface area is 118 Å². The maximum absolute atomic E-state index is 11.8. The minimum absolute atomic E-state index is 0.0607. The van der Waals surface area contributed by atoms with Gasteiger partial charge in [0.25, 0.3) is 0 Å². The fourth-order valence-corrected chi connectivity index (χ4v) is 1.24. The van der Waals surface area contributed by atoms with E-state index in [-0.39, 0.29) is 30.4 Å². The van der Waals surface area contributed by atoms with Crippen LogP contribution in [0, 0.1) is 0 Å². The molecule has 1 heterocycles. The van der Waals surface area contributed by atoms with Crippen LogP contribution in [0.2, 0.25) is 5.28 Å². The van der Waals surface area contributed by atoms with Crippen molar-refractivity contribution in [3.63, 3.8) is 0 Å². The zero-order valence-corrected chi connectivity index (χ0v) is 11.5. The molecule has 0 aliphatic carbocycles. The van der Waals surface area contributed by atoms with Crippen LogP contribution in [-0.4, -0.2) is 47.5 Å². The van der Waals surface area contributed by atoms with Crippen molar-refractivity contribution < 1.29 is 22.6 Å². The Hall–Kier alpha value is -1.35. The largest absolute Gasteiger partial charge is 0.463 e. The molecule has 114 valence electrons. The number of hydrogen-bond acceptors (Lipinski definition) is 6. The van der Waals surface area contributed by atoms with Gasteiger partial charge in [-0.15, -0.1) is 0 Å². The monoisotopic (exact) mass is 314 g/mol. The van der Waals surface area contributed by atoms with E-state index in [1.165, 1.54) is 0 Å². The van der Waals surface area contributed by atoms with Crippen molar-refractivity contribution in [3.8, 4) is 6.01 Å². The highest BCUT2D eigenvalue weighted by atomic mass is 35.5. The maximum Gasteiger partial charge on any atom is 0.411 e. The van der Waals surface area contributed by atoms with Crippen molar-refractivity contribution in [1.29, 1.82) is 0 Å². The van der Waals surface area contributed by atoms with Gasteiger partial charge in [-0.3, -0.25) is 0 Å². The molecule has 0 radical (unpaired) electrons. The molecule has 0 aromatic carbocycles. The predicted molar refractivity (Wildman–Crippen MR) is 66.0 cm³/mol. The smallest absolute Gasteiger partial charge is 0.411 e. The van der Waals surface area contributed by atoms with Crippen LogP contribution in [0.25, 0.3) is 0 Å². The highest BCUT2D eigenvalue weighted by Gasteiger charge is 2.27. The van der Waals surface area contributed by atoms with E-state index in [1.54, 1.807) is 0 Å². The summed E-state index contributed by atoms with van der Waals surface area (Å²) in [7, 11) is 0. The lowest BCUT2D eigenvalue weighted by Crippen LogP contribution is -2.20. The Balaban J connectivity index is 2.37. The Kier molecular flexibility index (Phi) is 6.73. The molecule has 1 aromatic heterocycles. The summed E-state index contributed by atoms with van der Waals surface area (Å²) in [6, 6.07) is 0.0607. The Morgan fingerprint density at radius 2 is 1.95 bits per heavy atom. The Morgan fingerprint density at radius 1 is 1.20 bits per heavy atom. The van der Waals surface area contributed by atoms with E-state index in [2.05, 4.69) is 25.0 Å². The third kappa shape index (κ3) is 7.29. The minimum Gasteiger partial charge on any atom is -0.463 e. The number of rotatable bonds is 8. The van der Waals surface area contributed by atoms with Crippen molar-refractivity contribution in [3.05, 3.63) is 5.28 Å². The Morgan fingerprint density at radius 3 is 2.60 bits per heavy atom. The fraction of sp³-hybridized carbons (Fsp3) is 0.700. The third-order valence-corrected chi connectivity index (χ3v) is 1.99. The van der Waals surface area contributed by atoms with Crippen molar-refractivity contribution in [2.45, 2.75) is 19.5 Å². The number of nitrogens with zero attached hydrogens (tertiary/aromatic N) is 3. The molecule has 0 saturated heterocycles. The first kappa shape index (κ1) is 16.7. The van der Waals surface area contributed by atoms with Crippen LogP contribution in [0.1, 0.15) is 13.3 Å². The van der Waals surface area contributed by atoms with Crippen LogP contribution in [0.5, 0.6) is 6.01 Å². The average molecular weight is 315 g/mol. The molecule has 0 saturated carbocycles. The number of hydrogen-bond donors (Lipinski definition) is 1. The third-order valence-electron chi connectivity index (χ3n) is 1.82. The van der Waals surface area contributed by atoms with Gasteiger partial charge in [0.05, 0.1) is 13.2 Å². The van der Waals surface area contributed by atoms with E-state index < -0.39 is 12.8 Å². The van der Waals surface area contributed by atoms with E-state index in [9.17, 15) is 13.2 Å². The highest BCUT2D eigenvalue weighted by Crippen LogP contribution is 2.14. The van der Waals surface area contributed by atoms with Crippen LogP contribution in [0.15, 0.2) is 0 Å². The SMILES string of the molecule is CCCOc1nc(Cl)nc(NCCOCC(F)(F)F)n1. The summed E-state index contributed by atoms with van der Waals surface area (Å²) >= 11 is 5.67. The maximum atomic E-state index is 11.8. The first-order chi connectivity index (χ1) is 9.40. The lowest BCUT2D eigenvalue weighted by Gasteiger charge is -2.09. The second-order valence-electron chi connectivity index (χ2n) is 3.65. The van der Waals surface area contributed by atoms with Crippen molar-refractivity contribution in [2.75, 3.05) is 31.7 Å². The van der Waals surface area contributed by atoms with Gasteiger partial charge in [-0.1, -0.05) is 6.92 Å². The zero-order valence-electron chi connectivity index (χ0n) is 10.7. The molecular weight excluding hydrogens is 301 g/mol. The molecule has 1 N–H and O–H groups in total. The van der Waals surface area contributed by atoms with Gasteiger partial charge in [-0.05, 0) is 18.0 Å². The molecule has 0 fully saturated rings. The van der Waals surface area contributed by atoms with Crippen LogP contribution in [0.4, 0.5) is 19.1 Å². The summed E-state index contributed by atoms with van der Waals surface area (Å²) in [6.07, 6.45) is -3.56. The fourth-order valence-electron chi connectivity index (χ4n) is 1.09. The highest BCUT2D eigenvalue weighted by molar-refractivity contribution is 6.28. The van der Waals surface area contributed by atoms with E-state index in [0.29, 0.717) is 6.61 Å². The number of anilines is 1. The van der Waals surface area contributed by atoms with Gasteiger partial charge >= 0.3 is 12.2 Å². The molecule has 0 aliphatic rings. The van der Waals surface area contributed by atoms with Gasteiger partial charge < -0.3 is 14.8 Å². The number of halogens is 4. The summed E-state index contributed by atoms with van der Waals surface area (Å²) in [5, 5.41) is 2.60. The van der Waals surface area contributed by atoms with Gasteiger partial charge in [-0.25, -0.2) is 0 Å². The number of ether oxygens (including phenoxy) is 2. The minimum atomic E-state index is -4.34. The molecule has 0 spiro atoms. The van der Waals surface area contributed by atoms with Gasteiger partial charge in [0, 0.05) is 6.54 Å². The summed E-state index contributed by atoms with van der Waals surface area (Å²) in [6.45, 7) is 1.00. The van der Waals surface area contributed by atoms with Gasteiger partial charge in [0.1, 0.15) is 6.61 Å². The summed E-state index contributed by atoms with van der Waals surface area (Å²) in [5.74, 6) is 0.117. The molecule has 0 atom stereocenters. The number of aromatic nitrogens is 3. The van der Waals surface area contributed by atoms with Crippen LogP contribution >= 0.6 is 11.6 Å². The molecule has 6 nitrogen and oxygen atoms in total. The molecule has 0 bridgehead atoms. The van der Waals surface area contributed by atoms with Crippen molar-refractivity contribution in [1.82, 2.24) is 15.0 Å². The number of alkyl halides is 3. The molecule has 1 aromatic rings. The summed E-state index contributed by atoms with van der Waals surface area (Å²) in [4.78, 5) is 11.4. The van der Waals surface area contributed by atoms with Crippen molar-refractivity contribution >= 4 is 17.5 Å². The van der Waals surface area contributed by atoms with E-state index in [0.717, 1.165) is 6.42 Å². The van der Waals surface area contributed by atoms with E-state index >= 15 is 0 Å². The quantitative estimate of drug-likeness (QED) is 0.743. The zero-order chi connectivity index (χ0) is 15.0. The first-order valence-corrected chi connectivity index (χ1v) is 6.21. The molecule has 0 aliphatic heterocycles. The van der Waals surface area contributed by atoms with Gasteiger partial charge in [0.15, 0.2) is 0 Å². The van der Waals surface area contributed by atoms with Crippen LogP contribution in [-0.2, 0) is 4.74 Å². The lowest BCUT2D eigenvalue weighted by molar-refractivity contribution is -0.172. The molecule has 1 rings (SSSR count). The molecule has 0 amide bonds. The summed E-state index contributed by atoms with van der Waals surface area (Å²) in [5.41, 5.74) is 0. The standard InChI is InChI=1S/C10H14ClF3N4O2/c1-2-4-20-9-17-7(11)16-8(18-9)15-3-5-19-6-10(12,13)14/h2-6H2,1H3,(H,15,16,17,18). The van der Waals surface area contributed by atoms with Crippen LogP contribution < -0.4 is 10.1 Å². The predicted octanol–water partition coefficient (Wildman–Crippen LogP) is 2.30. The normalized spacial score (nSPS) is 11.4. The van der Waals surface area contributed by atoms with Gasteiger partial charge in [0.2, 0.25) is 11.2 Å². The van der Waals surface area contributed by atoms with Crippen LogP contribution in [0.3, 0.4) is 0 Å². The number of nitrogens with one attached hydrogen (secondary N) is 1. The second kappa shape index (κ2) is 8.05. The van der Waals surface area contributed by atoms with E-state index in [4.69, 9.17) is 16.3 Å². The van der Waals surface area contributed by atoms with Crippen molar-refractivity contribution in [2.24, 2.45) is 0 Å². The second-order valence-corrected chi connectivity index (χ2v) is 3.99. The van der Waals surface area contributed by atoms with E-state index in [1.807, 2.05) is 6.92 Å². The molecule has 10 heteroatoms.